The maximum absolute atomic E-state index is 5.87. The molecule has 2 rings (SSSR count). The van der Waals surface area contributed by atoms with Gasteiger partial charge >= 0.3 is 0 Å². The molecule has 1 aromatic carbocycles. The number of rotatable bonds is 4. The summed E-state index contributed by atoms with van der Waals surface area (Å²) in [5, 5.41) is 0. The highest BCUT2D eigenvalue weighted by Gasteiger charge is 2.17. The van der Waals surface area contributed by atoms with Crippen LogP contribution in [-0.2, 0) is 0 Å². The van der Waals surface area contributed by atoms with Gasteiger partial charge in [-0.3, -0.25) is 0 Å². The highest BCUT2D eigenvalue weighted by Crippen LogP contribution is 2.23. The van der Waals surface area contributed by atoms with E-state index < -0.39 is 0 Å². The Balaban J connectivity index is 2.34. The number of imidazole rings is 1. The lowest BCUT2D eigenvalue weighted by Crippen LogP contribution is -2.41. The first-order valence-electron chi connectivity index (χ1n) is 6.42. The highest BCUT2D eigenvalue weighted by molar-refractivity contribution is 5.79. The second-order valence-electron chi connectivity index (χ2n) is 5.18. The Morgan fingerprint density at radius 2 is 2.11 bits per heavy atom. The molecule has 1 atom stereocenters. The molecular weight excluding hydrogens is 224 g/mol. The molecule has 0 aliphatic carbocycles. The van der Waals surface area contributed by atoms with Crippen LogP contribution in [0, 0.1) is 12.8 Å². The number of anilines is 1. The quantitative estimate of drug-likeness (QED) is 0.870. The fraction of sp³-hybridized carbons (Fsp3) is 0.500. The first-order chi connectivity index (χ1) is 8.52. The lowest BCUT2D eigenvalue weighted by molar-refractivity contribution is 0.480. The fourth-order valence-electron chi connectivity index (χ4n) is 2.41. The third-order valence-electron chi connectivity index (χ3n) is 3.50. The summed E-state index contributed by atoms with van der Waals surface area (Å²) in [5.41, 5.74) is 9.14. The Hall–Kier alpha value is -1.55. The summed E-state index contributed by atoms with van der Waals surface area (Å²) < 4.78 is 0. The maximum atomic E-state index is 5.87. The van der Waals surface area contributed by atoms with E-state index >= 15 is 0 Å². The number of H-pyrrole nitrogens is 1. The van der Waals surface area contributed by atoms with Crippen molar-refractivity contribution in [2.75, 3.05) is 18.5 Å². The molecular formula is C14H22N4. The largest absolute Gasteiger partial charge is 0.370 e. The molecule has 4 heteroatoms. The molecule has 1 unspecified atom stereocenters. The van der Waals surface area contributed by atoms with Crippen molar-refractivity contribution in [3.8, 4) is 0 Å². The van der Waals surface area contributed by atoms with Gasteiger partial charge in [0, 0.05) is 25.3 Å². The van der Waals surface area contributed by atoms with Crippen LogP contribution in [0.2, 0.25) is 0 Å². The Morgan fingerprint density at radius 3 is 2.72 bits per heavy atom. The lowest BCUT2D eigenvalue weighted by atomic mass is 10.0. The smallest absolute Gasteiger partial charge is 0.104 e. The molecule has 0 aliphatic heterocycles. The summed E-state index contributed by atoms with van der Waals surface area (Å²) in [4.78, 5) is 9.94. The number of aryl methyl sites for hydroxylation is 1. The average Bonchev–Trinajstić information content (AvgIpc) is 2.68. The Bertz CT molecular complexity index is 530. The third-order valence-corrected chi connectivity index (χ3v) is 3.50. The van der Waals surface area contributed by atoms with E-state index in [1.165, 1.54) is 5.69 Å². The Morgan fingerprint density at radius 1 is 1.39 bits per heavy atom. The van der Waals surface area contributed by atoms with Crippen LogP contribution in [0.4, 0.5) is 5.69 Å². The van der Waals surface area contributed by atoms with Crippen LogP contribution in [0.25, 0.3) is 11.0 Å². The van der Waals surface area contributed by atoms with Gasteiger partial charge in [0.2, 0.25) is 0 Å². The van der Waals surface area contributed by atoms with Crippen molar-refractivity contribution >= 4 is 16.7 Å². The van der Waals surface area contributed by atoms with Crippen LogP contribution < -0.4 is 10.6 Å². The molecule has 0 saturated carbocycles. The van der Waals surface area contributed by atoms with Crippen molar-refractivity contribution < 1.29 is 0 Å². The van der Waals surface area contributed by atoms with Gasteiger partial charge in [-0.1, -0.05) is 13.8 Å². The van der Waals surface area contributed by atoms with Crippen molar-refractivity contribution in [3.63, 3.8) is 0 Å². The van der Waals surface area contributed by atoms with Crippen molar-refractivity contribution in [2.45, 2.75) is 26.8 Å². The minimum Gasteiger partial charge on any atom is -0.370 e. The summed E-state index contributed by atoms with van der Waals surface area (Å²) in [5.74, 6) is 1.48. The van der Waals surface area contributed by atoms with E-state index in [9.17, 15) is 0 Å². The number of likely N-dealkylation sites (N-methyl/N-ethyl adjacent to an activating group) is 1. The highest BCUT2D eigenvalue weighted by atomic mass is 15.1. The van der Waals surface area contributed by atoms with Gasteiger partial charge in [-0.25, -0.2) is 4.98 Å². The number of aromatic amines is 1. The van der Waals surface area contributed by atoms with E-state index in [0.717, 1.165) is 16.9 Å². The first kappa shape index (κ1) is 12.9. The van der Waals surface area contributed by atoms with E-state index in [4.69, 9.17) is 5.73 Å². The Kier molecular flexibility index (Phi) is 3.57. The fourth-order valence-corrected chi connectivity index (χ4v) is 2.41. The zero-order chi connectivity index (χ0) is 13.3. The van der Waals surface area contributed by atoms with Crippen LogP contribution in [-0.4, -0.2) is 29.6 Å². The van der Waals surface area contributed by atoms with Gasteiger partial charge in [0.15, 0.2) is 0 Å². The molecule has 0 saturated heterocycles. The van der Waals surface area contributed by atoms with Crippen molar-refractivity contribution in [1.29, 1.82) is 0 Å². The second-order valence-corrected chi connectivity index (χ2v) is 5.18. The number of benzene rings is 1. The van der Waals surface area contributed by atoms with E-state index in [0.29, 0.717) is 18.5 Å². The molecule has 98 valence electrons. The normalized spacial score (nSPS) is 13.2. The van der Waals surface area contributed by atoms with Crippen molar-refractivity contribution in [3.05, 3.63) is 24.0 Å². The molecule has 18 heavy (non-hydrogen) atoms. The van der Waals surface area contributed by atoms with Crippen LogP contribution in [0.1, 0.15) is 19.7 Å². The van der Waals surface area contributed by atoms with Crippen LogP contribution in [0.15, 0.2) is 18.2 Å². The summed E-state index contributed by atoms with van der Waals surface area (Å²) in [6.45, 7) is 7.04. The zero-order valence-electron chi connectivity index (χ0n) is 11.6. The maximum Gasteiger partial charge on any atom is 0.104 e. The summed E-state index contributed by atoms with van der Waals surface area (Å²) in [7, 11) is 2.10. The molecule has 1 aromatic heterocycles. The standard InChI is InChI=1S/C14H22N4/c1-9(2)14(8-15)18(4)11-5-6-12-13(7-11)17-10(3)16-12/h5-7,9,14H,8,15H2,1-4H3,(H,16,17). The summed E-state index contributed by atoms with van der Waals surface area (Å²) in [6, 6.07) is 6.65. The van der Waals surface area contributed by atoms with E-state index in [1.807, 2.05) is 6.92 Å². The molecule has 0 radical (unpaired) electrons. The number of aromatic nitrogens is 2. The molecule has 2 aromatic rings. The molecule has 0 fully saturated rings. The minimum absolute atomic E-state index is 0.353. The van der Waals surface area contributed by atoms with Crippen LogP contribution in [0.5, 0.6) is 0 Å². The van der Waals surface area contributed by atoms with E-state index in [-0.39, 0.29) is 0 Å². The zero-order valence-corrected chi connectivity index (χ0v) is 11.6. The molecule has 0 amide bonds. The lowest BCUT2D eigenvalue weighted by Gasteiger charge is -2.32. The van der Waals surface area contributed by atoms with Crippen LogP contribution in [0.3, 0.4) is 0 Å². The summed E-state index contributed by atoms with van der Waals surface area (Å²) >= 11 is 0. The third kappa shape index (κ3) is 2.34. The van der Waals surface area contributed by atoms with Gasteiger partial charge in [0.1, 0.15) is 5.82 Å². The van der Waals surface area contributed by atoms with Gasteiger partial charge in [-0.2, -0.15) is 0 Å². The van der Waals surface area contributed by atoms with Crippen LogP contribution >= 0.6 is 0 Å². The Labute approximate surface area is 108 Å². The predicted molar refractivity (Wildman–Crippen MR) is 76.9 cm³/mol. The van der Waals surface area contributed by atoms with Gasteiger partial charge in [0.25, 0.3) is 0 Å². The SMILES string of the molecule is Cc1nc2ccc(N(C)C(CN)C(C)C)cc2[nH]1. The molecule has 0 aliphatic rings. The topological polar surface area (TPSA) is 57.9 Å². The molecule has 3 N–H and O–H groups in total. The number of nitrogens with two attached hydrogens (primary N) is 1. The van der Waals surface area contributed by atoms with Crippen molar-refractivity contribution in [1.82, 2.24) is 9.97 Å². The van der Waals surface area contributed by atoms with E-state index in [2.05, 4.69) is 54.0 Å². The van der Waals surface area contributed by atoms with E-state index in [1.54, 1.807) is 0 Å². The predicted octanol–water partition coefficient (Wildman–Crippen LogP) is 2.29. The second kappa shape index (κ2) is 4.98. The summed E-state index contributed by atoms with van der Waals surface area (Å²) in [6.07, 6.45) is 0. The number of nitrogens with one attached hydrogen (secondary N) is 1. The van der Waals surface area contributed by atoms with Gasteiger partial charge in [-0.15, -0.1) is 0 Å². The van der Waals surface area contributed by atoms with Gasteiger partial charge < -0.3 is 15.6 Å². The van der Waals surface area contributed by atoms with Gasteiger partial charge in [0.05, 0.1) is 11.0 Å². The number of hydrogen-bond acceptors (Lipinski definition) is 3. The molecule has 4 nitrogen and oxygen atoms in total. The number of nitrogens with zero attached hydrogens (tertiary/aromatic N) is 2. The average molecular weight is 246 g/mol. The monoisotopic (exact) mass is 246 g/mol. The minimum atomic E-state index is 0.353. The number of fused-ring (bicyclic) bond motifs is 1. The van der Waals surface area contributed by atoms with Crippen molar-refractivity contribution in [2.24, 2.45) is 11.7 Å². The molecule has 0 bridgehead atoms. The number of hydrogen-bond donors (Lipinski definition) is 2. The first-order valence-corrected chi connectivity index (χ1v) is 6.42. The molecule has 0 spiro atoms. The van der Waals surface area contributed by atoms with Gasteiger partial charge in [-0.05, 0) is 31.0 Å². The molecule has 1 heterocycles.